The first-order chi connectivity index (χ1) is 8.66. The molecule has 0 aromatic heterocycles. The zero-order valence-electron chi connectivity index (χ0n) is 12.2. The van der Waals surface area contributed by atoms with E-state index in [2.05, 4.69) is 38.2 Å². The molecule has 0 saturated carbocycles. The van der Waals surface area contributed by atoms with Crippen LogP contribution in [-0.4, -0.2) is 12.5 Å². The van der Waals surface area contributed by atoms with Gasteiger partial charge in [0.2, 0.25) is 5.91 Å². The molecule has 0 aliphatic rings. The summed E-state index contributed by atoms with van der Waals surface area (Å²) in [6.07, 6.45) is 15.1. The lowest BCUT2D eigenvalue weighted by atomic mass is 10.1. The maximum atomic E-state index is 11.3. The van der Waals surface area contributed by atoms with E-state index in [9.17, 15) is 4.79 Å². The van der Waals surface area contributed by atoms with Gasteiger partial charge in [-0.1, -0.05) is 45.4 Å². The van der Waals surface area contributed by atoms with Gasteiger partial charge in [-0.3, -0.25) is 4.79 Å². The number of unbranched alkanes of at least 4 members (excludes halogenated alkanes) is 4. The van der Waals surface area contributed by atoms with Gasteiger partial charge in [-0.15, -0.1) is 0 Å². The first kappa shape index (κ1) is 16.9. The van der Waals surface area contributed by atoms with Crippen LogP contribution < -0.4 is 5.32 Å². The van der Waals surface area contributed by atoms with Crippen molar-refractivity contribution in [2.45, 2.75) is 59.3 Å². The van der Waals surface area contributed by atoms with Gasteiger partial charge in [-0.25, -0.2) is 0 Å². The number of carbonyl (C=O) groups excluding carboxylic acids is 1. The normalized spacial score (nSPS) is 11.8. The van der Waals surface area contributed by atoms with Crippen molar-refractivity contribution >= 4 is 5.91 Å². The van der Waals surface area contributed by atoms with E-state index in [1.165, 1.54) is 19.3 Å². The van der Waals surface area contributed by atoms with Gasteiger partial charge in [0.05, 0.1) is 0 Å². The molecule has 0 rings (SSSR count). The molecule has 2 heteroatoms. The second kappa shape index (κ2) is 12.4. The Morgan fingerprint density at radius 1 is 1.06 bits per heavy atom. The molecule has 0 aromatic rings. The number of hydrogen-bond acceptors (Lipinski definition) is 1. The van der Waals surface area contributed by atoms with Gasteiger partial charge < -0.3 is 5.32 Å². The summed E-state index contributed by atoms with van der Waals surface area (Å²) in [4.78, 5) is 11.3. The van der Waals surface area contributed by atoms with Crippen LogP contribution in [0.25, 0.3) is 0 Å². The predicted octanol–water partition coefficient (Wildman–Crippen LogP) is 4.23. The molecular weight excluding hydrogens is 222 g/mol. The standard InChI is InChI=1S/C16H29NO/c1-4-5-6-7-8-9-10-11-12-13-16(18)17-14-15(2)3/h6-7,12-13,15H,4-5,8-11,14H2,1-3H3,(H,17,18). The number of carbonyl (C=O) groups is 1. The summed E-state index contributed by atoms with van der Waals surface area (Å²) in [5.74, 6) is 0.545. The van der Waals surface area contributed by atoms with Gasteiger partial charge in [0.25, 0.3) is 0 Å². The van der Waals surface area contributed by atoms with Crippen LogP contribution in [0.3, 0.4) is 0 Å². The average Bonchev–Trinajstić information content (AvgIpc) is 2.34. The van der Waals surface area contributed by atoms with E-state index in [-0.39, 0.29) is 5.91 Å². The molecule has 1 N–H and O–H groups in total. The second-order valence-corrected chi connectivity index (χ2v) is 5.09. The van der Waals surface area contributed by atoms with Gasteiger partial charge >= 0.3 is 0 Å². The first-order valence-corrected chi connectivity index (χ1v) is 7.26. The van der Waals surface area contributed by atoms with Crippen molar-refractivity contribution in [2.75, 3.05) is 6.54 Å². The number of allylic oxidation sites excluding steroid dienone is 3. The van der Waals surface area contributed by atoms with Crippen molar-refractivity contribution in [1.82, 2.24) is 5.32 Å². The molecule has 0 radical (unpaired) electrons. The summed E-state index contributed by atoms with van der Waals surface area (Å²) >= 11 is 0. The number of rotatable bonds is 10. The largest absolute Gasteiger partial charge is 0.352 e. The molecule has 0 bridgehead atoms. The fourth-order valence-corrected chi connectivity index (χ4v) is 1.48. The first-order valence-electron chi connectivity index (χ1n) is 7.26. The van der Waals surface area contributed by atoms with E-state index in [1.807, 2.05) is 6.08 Å². The summed E-state index contributed by atoms with van der Waals surface area (Å²) < 4.78 is 0. The zero-order valence-corrected chi connectivity index (χ0v) is 12.2. The van der Waals surface area contributed by atoms with E-state index in [0.29, 0.717) is 5.92 Å². The third-order valence-corrected chi connectivity index (χ3v) is 2.57. The lowest BCUT2D eigenvalue weighted by molar-refractivity contribution is -0.116. The Labute approximate surface area is 113 Å². The Morgan fingerprint density at radius 2 is 1.67 bits per heavy atom. The predicted molar refractivity (Wildman–Crippen MR) is 79.5 cm³/mol. The Bertz CT molecular complexity index is 254. The van der Waals surface area contributed by atoms with Crippen LogP contribution in [-0.2, 0) is 4.79 Å². The number of hydrogen-bond donors (Lipinski definition) is 1. The number of nitrogens with one attached hydrogen (secondary N) is 1. The van der Waals surface area contributed by atoms with Crippen molar-refractivity contribution in [3.05, 3.63) is 24.3 Å². The quantitative estimate of drug-likeness (QED) is 0.351. The molecule has 2 nitrogen and oxygen atoms in total. The van der Waals surface area contributed by atoms with Crippen molar-refractivity contribution in [2.24, 2.45) is 5.92 Å². The smallest absolute Gasteiger partial charge is 0.243 e. The van der Waals surface area contributed by atoms with Crippen molar-refractivity contribution < 1.29 is 4.79 Å². The molecule has 0 atom stereocenters. The summed E-state index contributed by atoms with van der Waals surface area (Å²) in [5, 5.41) is 2.87. The van der Waals surface area contributed by atoms with Gasteiger partial charge in [0.15, 0.2) is 0 Å². The van der Waals surface area contributed by atoms with Crippen LogP contribution in [0.5, 0.6) is 0 Å². The molecule has 0 aliphatic heterocycles. The van der Waals surface area contributed by atoms with E-state index < -0.39 is 0 Å². The van der Waals surface area contributed by atoms with E-state index >= 15 is 0 Å². The lowest BCUT2D eigenvalue weighted by Gasteiger charge is -2.04. The van der Waals surface area contributed by atoms with E-state index in [4.69, 9.17) is 0 Å². The topological polar surface area (TPSA) is 29.1 Å². The third kappa shape index (κ3) is 13.0. The molecule has 0 saturated heterocycles. The van der Waals surface area contributed by atoms with Gasteiger partial charge in [-0.05, 0) is 44.1 Å². The average molecular weight is 251 g/mol. The minimum atomic E-state index is 0.0338. The Hall–Kier alpha value is -1.05. The summed E-state index contributed by atoms with van der Waals surface area (Å²) in [7, 11) is 0. The van der Waals surface area contributed by atoms with Crippen molar-refractivity contribution in [3.8, 4) is 0 Å². The molecule has 104 valence electrons. The van der Waals surface area contributed by atoms with Crippen LogP contribution in [0.1, 0.15) is 59.3 Å². The highest BCUT2D eigenvalue weighted by Gasteiger charge is 1.96. The minimum Gasteiger partial charge on any atom is -0.352 e. The Balaban J connectivity index is 3.39. The van der Waals surface area contributed by atoms with E-state index in [1.54, 1.807) is 6.08 Å². The number of amides is 1. The van der Waals surface area contributed by atoms with Crippen molar-refractivity contribution in [3.63, 3.8) is 0 Å². The SMILES string of the molecule is CCCC=CCCCCC=CC(=O)NCC(C)C. The molecule has 0 aliphatic carbocycles. The molecule has 0 heterocycles. The Kier molecular flexibility index (Phi) is 11.7. The summed E-state index contributed by atoms with van der Waals surface area (Å²) in [6.45, 7) is 7.14. The van der Waals surface area contributed by atoms with Crippen LogP contribution in [0, 0.1) is 5.92 Å². The van der Waals surface area contributed by atoms with Gasteiger partial charge in [0.1, 0.15) is 0 Å². The second-order valence-electron chi connectivity index (χ2n) is 5.09. The summed E-state index contributed by atoms with van der Waals surface area (Å²) in [6, 6.07) is 0. The molecule has 0 spiro atoms. The molecule has 0 unspecified atom stereocenters. The molecule has 0 aromatic carbocycles. The molecular formula is C16H29NO. The fourth-order valence-electron chi connectivity index (χ4n) is 1.48. The highest BCUT2D eigenvalue weighted by Crippen LogP contribution is 2.02. The van der Waals surface area contributed by atoms with Crippen molar-refractivity contribution in [1.29, 1.82) is 0 Å². The highest BCUT2D eigenvalue weighted by molar-refractivity contribution is 5.87. The maximum absolute atomic E-state index is 11.3. The zero-order chi connectivity index (χ0) is 13.6. The van der Waals surface area contributed by atoms with Crippen LogP contribution >= 0.6 is 0 Å². The highest BCUT2D eigenvalue weighted by atomic mass is 16.1. The summed E-state index contributed by atoms with van der Waals surface area (Å²) in [5.41, 5.74) is 0. The third-order valence-electron chi connectivity index (χ3n) is 2.57. The van der Waals surface area contributed by atoms with Gasteiger partial charge in [-0.2, -0.15) is 0 Å². The monoisotopic (exact) mass is 251 g/mol. The minimum absolute atomic E-state index is 0.0338. The van der Waals surface area contributed by atoms with Crippen LogP contribution in [0.15, 0.2) is 24.3 Å². The maximum Gasteiger partial charge on any atom is 0.243 e. The van der Waals surface area contributed by atoms with Gasteiger partial charge in [0, 0.05) is 6.54 Å². The van der Waals surface area contributed by atoms with Crippen LogP contribution in [0.2, 0.25) is 0 Å². The fraction of sp³-hybridized carbons (Fsp3) is 0.688. The van der Waals surface area contributed by atoms with Crippen LogP contribution in [0.4, 0.5) is 0 Å². The molecule has 1 amide bonds. The Morgan fingerprint density at radius 3 is 2.28 bits per heavy atom. The lowest BCUT2D eigenvalue weighted by Crippen LogP contribution is -2.25. The van der Waals surface area contributed by atoms with E-state index in [0.717, 1.165) is 25.8 Å². The molecule has 0 fully saturated rings. The molecule has 18 heavy (non-hydrogen) atoms.